The van der Waals surface area contributed by atoms with Gasteiger partial charge in [-0.3, -0.25) is 9.59 Å². The Hall–Kier alpha value is -2.71. The third-order valence-corrected chi connectivity index (χ3v) is 5.65. The fourth-order valence-corrected chi connectivity index (χ4v) is 3.92. The van der Waals surface area contributed by atoms with Crippen LogP contribution in [0.3, 0.4) is 0 Å². The molecule has 0 aliphatic carbocycles. The van der Waals surface area contributed by atoms with E-state index >= 15 is 0 Å². The fourth-order valence-electron chi connectivity index (χ4n) is 2.72. The standard InChI is InChI=1S/C22H29N3O4S/c1-16-10-12-18(13-11-16)30(28,29)25-19(14-20(26)24-22(2,3)4)21(27)23-15-17-8-6-5-7-9-17/h5-13,19,25H,14-15H2,1-4H3,(H,23,27)(H,24,26)/t19-/m0/s1. The van der Waals surface area contributed by atoms with E-state index in [4.69, 9.17) is 0 Å². The second-order valence-corrected chi connectivity index (χ2v) is 9.91. The van der Waals surface area contributed by atoms with Crippen LogP contribution in [0.25, 0.3) is 0 Å². The maximum Gasteiger partial charge on any atom is 0.241 e. The molecule has 0 spiro atoms. The Morgan fingerprint density at radius 2 is 1.57 bits per heavy atom. The van der Waals surface area contributed by atoms with Gasteiger partial charge in [0.25, 0.3) is 0 Å². The lowest BCUT2D eigenvalue weighted by molar-refractivity contribution is -0.128. The number of sulfonamides is 1. The second kappa shape index (κ2) is 9.86. The van der Waals surface area contributed by atoms with Crippen molar-refractivity contribution in [2.45, 2.75) is 57.1 Å². The lowest BCUT2D eigenvalue weighted by atomic mass is 10.1. The van der Waals surface area contributed by atoms with Gasteiger partial charge < -0.3 is 10.6 Å². The predicted molar refractivity (Wildman–Crippen MR) is 116 cm³/mol. The summed E-state index contributed by atoms with van der Waals surface area (Å²) in [6.45, 7) is 7.51. The van der Waals surface area contributed by atoms with Crippen molar-refractivity contribution in [3.63, 3.8) is 0 Å². The van der Waals surface area contributed by atoms with Gasteiger partial charge in [0.1, 0.15) is 6.04 Å². The van der Waals surface area contributed by atoms with Crippen molar-refractivity contribution >= 4 is 21.8 Å². The van der Waals surface area contributed by atoms with E-state index in [0.717, 1.165) is 11.1 Å². The summed E-state index contributed by atoms with van der Waals surface area (Å²) in [7, 11) is -3.98. The van der Waals surface area contributed by atoms with Crippen LogP contribution >= 0.6 is 0 Å². The molecule has 2 amide bonds. The Morgan fingerprint density at radius 1 is 0.967 bits per heavy atom. The largest absolute Gasteiger partial charge is 0.351 e. The first-order valence-electron chi connectivity index (χ1n) is 9.68. The number of aryl methyl sites for hydroxylation is 1. The van der Waals surface area contributed by atoms with Gasteiger partial charge in [0.15, 0.2) is 0 Å². The molecule has 30 heavy (non-hydrogen) atoms. The van der Waals surface area contributed by atoms with Crippen LogP contribution in [-0.2, 0) is 26.2 Å². The number of carbonyl (C=O) groups is 2. The summed E-state index contributed by atoms with van der Waals surface area (Å²) < 4.78 is 27.9. The van der Waals surface area contributed by atoms with Crippen LogP contribution in [0, 0.1) is 6.92 Å². The topological polar surface area (TPSA) is 104 Å². The average molecular weight is 432 g/mol. The highest BCUT2D eigenvalue weighted by Gasteiger charge is 2.29. The quantitative estimate of drug-likeness (QED) is 0.596. The van der Waals surface area contributed by atoms with Gasteiger partial charge in [-0.1, -0.05) is 48.0 Å². The van der Waals surface area contributed by atoms with Gasteiger partial charge in [-0.15, -0.1) is 0 Å². The third-order valence-electron chi connectivity index (χ3n) is 4.16. The zero-order chi connectivity index (χ0) is 22.4. The first-order valence-corrected chi connectivity index (χ1v) is 11.2. The average Bonchev–Trinajstić information content (AvgIpc) is 2.65. The van der Waals surface area contributed by atoms with Gasteiger partial charge in [-0.25, -0.2) is 8.42 Å². The Bertz CT molecular complexity index is 966. The van der Waals surface area contributed by atoms with E-state index in [-0.39, 0.29) is 17.9 Å². The summed E-state index contributed by atoms with van der Waals surface area (Å²) in [5.41, 5.74) is 1.28. The molecule has 3 N–H and O–H groups in total. The van der Waals surface area contributed by atoms with Crippen LogP contribution in [0.5, 0.6) is 0 Å². The van der Waals surface area contributed by atoms with E-state index in [0.29, 0.717) is 0 Å². The summed E-state index contributed by atoms with van der Waals surface area (Å²) in [4.78, 5) is 25.2. The molecule has 0 aliphatic rings. The molecule has 0 saturated heterocycles. The molecule has 0 saturated carbocycles. The van der Waals surface area contributed by atoms with E-state index in [1.165, 1.54) is 12.1 Å². The molecule has 2 aromatic carbocycles. The third kappa shape index (κ3) is 7.61. The van der Waals surface area contributed by atoms with E-state index < -0.39 is 33.4 Å². The Kier molecular flexibility index (Phi) is 7.75. The molecule has 0 bridgehead atoms. The minimum Gasteiger partial charge on any atom is -0.351 e. The molecule has 0 fully saturated rings. The molecule has 0 heterocycles. The minimum atomic E-state index is -3.98. The highest BCUT2D eigenvalue weighted by molar-refractivity contribution is 7.89. The predicted octanol–water partition coefficient (Wildman–Crippen LogP) is 2.26. The zero-order valence-electron chi connectivity index (χ0n) is 17.7. The van der Waals surface area contributed by atoms with Crippen LogP contribution in [0.4, 0.5) is 0 Å². The number of amides is 2. The number of benzene rings is 2. The Morgan fingerprint density at radius 3 is 2.13 bits per heavy atom. The van der Waals surface area contributed by atoms with E-state index in [2.05, 4.69) is 15.4 Å². The summed E-state index contributed by atoms with van der Waals surface area (Å²) in [6, 6.07) is 14.3. The number of rotatable bonds is 8. The van der Waals surface area contributed by atoms with Gasteiger partial charge in [0.05, 0.1) is 11.3 Å². The number of hydrogen-bond acceptors (Lipinski definition) is 4. The molecule has 1 atom stereocenters. The molecule has 2 aromatic rings. The second-order valence-electron chi connectivity index (χ2n) is 8.19. The molecule has 0 aromatic heterocycles. The lowest BCUT2D eigenvalue weighted by Gasteiger charge is -2.23. The minimum absolute atomic E-state index is 0.0326. The van der Waals surface area contributed by atoms with E-state index in [1.54, 1.807) is 12.1 Å². The van der Waals surface area contributed by atoms with Crippen molar-refractivity contribution < 1.29 is 18.0 Å². The van der Waals surface area contributed by atoms with Crippen LogP contribution in [0.2, 0.25) is 0 Å². The van der Waals surface area contributed by atoms with Crippen LogP contribution in [0.15, 0.2) is 59.5 Å². The lowest BCUT2D eigenvalue weighted by Crippen LogP contribution is -2.50. The van der Waals surface area contributed by atoms with Gasteiger partial charge in [-0.05, 0) is 45.4 Å². The molecule has 2 rings (SSSR count). The molecule has 0 unspecified atom stereocenters. The van der Waals surface area contributed by atoms with E-state index in [9.17, 15) is 18.0 Å². The first kappa shape index (κ1) is 23.6. The SMILES string of the molecule is Cc1ccc(S(=O)(=O)N[C@@H](CC(=O)NC(C)(C)C)C(=O)NCc2ccccc2)cc1. The number of nitrogens with one attached hydrogen (secondary N) is 3. The monoisotopic (exact) mass is 431 g/mol. The van der Waals surface area contributed by atoms with Crippen molar-refractivity contribution in [2.24, 2.45) is 0 Å². The maximum atomic E-state index is 12.8. The molecule has 0 radical (unpaired) electrons. The molecule has 162 valence electrons. The van der Waals surface area contributed by atoms with Gasteiger partial charge in [-0.2, -0.15) is 4.72 Å². The first-order chi connectivity index (χ1) is 14.0. The van der Waals surface area contributed by atoms with Crippen molar-refractivity contribution in [1.29, 1.82) is 0 Å². The van der Waals surface area contributed by atoms with Crippen LogP contribution in [-0.4, -0.2) is 31.8 Å². The van der Waals surface area contributed by atoms with Crippen molar-refractivity contribution in [3.8, 4) is 0 Å². The Labute approximate surface area is 178 Å². The fraction of sp³-hybridized carbons (Fsp3) is 0.364. The summed E-state index contributed by atoms with van der Waals surface area (Å²) in [5, 5.41) is 5.46. The van der Waals surface area contributed by atoms with Crippen molar-refractivity contribution in [3.05, 3.63) is 65.7 Å². The van der Waals surface area contributed by atoms with Crippen LogP contribution < -0.4 is 15.4 Å². The van der Waals surface area contributed by atoms with Gasteiger partial charge in [0.2, 0.25) is 21.8 Å². The highest BCUT2D eigenvalue weighted by Crippen LogP contribution is 2.12. The number of hydrogen-bond donors (Lipinski definition) is 3. The maximum absolute atomic E-state index is 12.8. The zero-order valence-corrected chi connectivity index (χ0v) is 18.5. The summed E-state index contributed by atoms with van der Waals surface area (Å²) in [6.07, 6.45) is -0.316. The molecular weight excluding hydrogens is 402 g/mol. The number of carbonyl (C=O) groups excluding carboxylic acids is 2. The van der Waals surface area contributed by atoms with Gasteiger partial charge >= 0.3 is 0 Å². The molecule has 8 heteroatoms. The van der Waals surface area contributed by atoms with Crippen molar-refractivity contribution in [1.82, 2.24) is 15.4 Å². The van der Waals surface area contributed by atoms with Crippen LogP contribution in [0.1, 0.15) is 38.3 Å². The smallest absolute Gasteiger partial charge is 0.241 e. The normalized spacial score (nSPS) is 12.8. The molecular formula is C22H29N3O4S. The van der Waals surface area contributed by atoms with Crippen molar-refractivity contribution in [2.75, 3.05) is 0 Å². The molecule has 7 nitrogen and oxygen atoms in total. The Balaban J connectivity index is 2.17. The van der Waals surface area contributed by atoms with Gasteiger partial charge in [0, 0.05) is 12.1 Å². The molecule has 0 aliphatic heterocycles. The highest BCUT2D eigenvalue weighted by atomic mass is 32.2. The summed E-state index contributed by atoms with van der Waals surface area (Å²) in [5.74, 6) is -0.993. The van der Waals surface area contributed by atoms with E-state index in [1.807, 2.05) is 58.0 Å². The summed E-state index contributed by atoms with van der Waals surface area (Å²) >= 11 is 0.